The lowest BCUT2D eigenvalue weighted by molar-refractivity contribution is -0.126. The molecule has 1 saturated heterocycles. The minimum absolute atomic E-state index is 0.169. The average Bonchev–Trinajstić information content (AvgIpc) is 2.68. The molecule has 0 unspecified atom stereocenters. The fourth-order valence-electron chi connectivity index (χ4n) is 3.25. The van der Waals surface area contributed by atoms with Gasteiger partial charge in [-0.05, 0) is 44.4 Å². The Morgan fingerprint density at radius 3 is 2.61 bits per heavy atom. The molecule has 28 heavy (non-hydrogen) atoms. The zero-order valence-corrected chi connectivity index (χ0v) is 16.9. The molecule has 0 radical (unpaired) electrons. The lowest BCUT2D eigenvalue weighted by atomic mass is 9.99. The van der Waals surface area contributed by atoms with Gasteiger partial charge in [0.1, 0.15) is 0 Å². The highest BCUT2D eigenvalue weighted by molar-refractivity contribution is 7.89. The van der Waals surface area contributed by atoms with Crippen LogP contribution < -0.4 is 5.43 Å². The Labute approximate surface area is 166 Å². The van der Waals surface area contributed by atoms with Crippen molar-refractivity contribution in [2.75, 3.05) is 13.1 Å². The minimum atomic E-state index is -3.60. The summed E-state index contributed by atoms with van der Waals surface area (Å²) in [6, 6.07) is 14.6. The lowest BCUT2D eigenvalue weighted by Crippen LogP contribution is -2.44. The second-order valence-electron chi connectivity index (χ2n) is 7.16. The first kappa shape index (κ1) is 20.2. The first-order chi connectivity index (χ1) is 13.4. The molecule has 0 spiro atoms. The topological polar surface area (TPSA) is 78.8 Å². The number of aryl methyl sites for hydroxylation is 2. The summed E-state index contributed by atoms with van der Waals surface area (Å²) in [5.41, 5.74) is 5.56. The molecule has 0 aromatic heterocycles. The number of sulfonamides is 1. The number of nitrogens with zero attached hydrogens (tertiary/aromatic N) is 2. The Balaban J connectivity index is 1.64. The summed E-state index contributed by atoms with van der Waals surface area (Å²) >= 11 is 0. The maximum atomic E-state index is 12.9. The maximum Gasteiger partial charge on any atom is 0.244 e. The number of hydrazone groups is 1. The molecule has 6 nitrogen and oxygen atoms in total. The molecular formula is C21H25N3O3S. The minimum Gasteiger partial charge on any atom is -0.273 e. The van der Waals surface area contributed by atoms with Crippen molar-refractivity contribution in [1.82, 2.24) is 9.73 Å². The van der Waals surface area contributed by atoms with Crippen molar-refractivity contribution in [1.29, 1.82) is 0 Å². The van der Waals surface area contributed by atoms with Crippen LogP contribution >= 0.6 is 0 Å². The van der Waals surface area contributed by atoms with Crippen LogP contribution in [-0.2, 0) is 14.8 Å². The number of rotatable bonds is 5. The number of hydrogen-bond donors (Lipinski definition) is 1. The molecular weight excluding hydrogens is 374 g/mol. The van der Waals surface area contributed by atoms with E-state index in [4.69, 9.17) is 0 Å². The quantitative estimate of drug-likeness (QED) is 0.620. The number of carbonyl (C=O) groups excluding carboxylic acids is 1. The molecule has 1 heterocycles. The van der Waals surface area contributed by atoms with Crippen LogP contribution in [0.3, 0.4) is 0 Å². The molecule has 2 aromatic carbocycles. The third-order valence-corrected chi connectivity index (χ3v) is 6.72. The van der Waals surface area contributed by atoms with E-state index in [1.807, 2.05) is 38.1 Å². The fraction of sp³-hybridized carbons (Fsp3) is 0.333. The zero-order valence-electron chi connectivity index (χ0n) is 16.1. The summed E-state index contributed by atoms with van der Waals surface area (Å²) in [6.07, 6.45) is 2.88. The van der Waals surface area contributed by atoms with Gasteiger partial charge in [0, 0.05) is 13.1 Å². The van der Waals surface area contributed by atoms with Gasteiger partial charge in [0.05, 0.1) is 17.0 Å². The molecule has 3 rings (SSSR count). The van der Waals surface area contributed by atoms with E-state index in [2.05, 4.69) is 10.5 Å². The van der Waals surface area contributed by atoms with Gasteiger partial charge in [0.25, 0.3) is 0 Å². The Kier molecular flexibility index (Phi) is 6.26. The highest BCUT2D eigenvalue weighted by Gasteiger charge is 2.33. The highest BCUT2D eigenvalue weighted by atomic mass is 32.2. The Morgan fingerprint density at radius 1 is 1.14 bits per heavy atom. The third-order valence-electron chi connectivity index (χ3n) is 4.84. The molecule has 1 aliphatic rings. The molecule has 1 N–H and O–H groups in total. The monoisotopic (exact) mass is 399 g/mol. The molecule has 2 aromatic rings. The maximum absolute atomic E-state index is 12.9. The van der Waals surface area contributed by atoms with E-state index >= 15 is 0 Å². The zero-order chi connectivity index (χ0) is 20.1. The van der Waals surface area contributed by atoms with Crippen LogP contribution in [0.1, 0.15) is 29.5 Å². The Bertz CT molecular complexity index is 969. The third kappa shape index (κ3) is 4.85. The molecule has 1 atom stereocenters. The second-order valence-corrected chi connectivity index (χ2v) is 9.10. The van der Waals surface area contributed by atoms with Crippen LogP contribution in [0.25, 0.3) is 0 Å². The van der Waals surface area contributed by atoms with Crippen molar-refractivity contribution in [2.45, 2.75) is 31.6 Å². The molecule has 1 fully saturated rings. The summed E-state index contributed by atoms with van der Waals surface area (Å²) in [5, 5.41) is 4.02. The van der Waals surface area contributed by atoms with Crippen molar-refractivity contribution < 1.29 is 13.2 Å². The van der Waals surface area contributed by atoms with Gasteiger partial charge in [-0.15, -0.1) is 0 Å². The molecule has 0 bridgehead atoms. The van der Waals surface area contributed by atoms with Gasteiger partial charge in [-0.3, -0.25) is 4.79 Å². The molecule has 1 amide bonds. The SMILES string of the molecule is Cc1ccc(S(=O)(=O)N2CCC[C@H](C(=O)N/N=C\c3cccc(C)c3)C2)cc1. The predicted molar refractivity (Wildman–Crippen MR) is 110 cm³/mol. The van der Waals surface area contributed by atoms with Gasteiger partial charge in [-0.25, -0.2) is 13.8 Å². The largest absolute Gasteiger partial charge is 0.273 e. The van der Waals surface area contributed by atoms with Gasteiger partial charge < -0.3 is 0 Å². The van der Waals surface area contributed by atoms with E-state index in [0.29, 0.717) is 19.4 Å². The number of benzene rings is 2. The second kappa shape index (κ2) is 8.67. The van der Waals surface area contributed by atoms with Crippen molar-refractivity contribution in [2.24, 2.45) is 11.0 Å². The standard InChI is InChI=1S/C21H25N3O3S/c1-16-8-10-20(11-9-16)28(26,27)24-12-4-7-19(15-24)21(25)23-22-14-18-6-3-5-17(2)13-18/h3,5-6,8-11,13-14,19H,4,7,12,15H2,1-2H3,(H,23,25)/b22-14-/t19-/m0/s1. The smallest absolute Gasteiger partial charge is 0.244 e. The number of amides is 1. The lowest BCUT2D eigenvalue weighted by Gasteiger charge is -2.30. The van der Waals surface area contributed by atoms with Gasteiger partial charge in [-0.2, -0.15) is 9.41 Å². The van der Waals surface area contributed by atoms with Crippen molar-refractivity contribution in [3.63, 3.8) is 0 Å². The van der Waals surface area contributed by atoms with E-state index in [-0.39, 0.29) is 17.3 Å². The first-order valence-electron chi connectivity index (χ1n) is 9.32. The van der Waals surface area contributed by atoms with E-state index in [1.54, 1.807) is 30.5 Å². The molecule has 0 aliphatic carbocycles. The predicted octanol–water partition coefficient (Wildman–Crippen LogP) is 2.85. The van der Waals surface area contributed by atoms with Gasteiger partial charge in [-0.1, -0.05) is 47.5 Å². The van der Waals surface area contributed by atoms with Crippen LogP contribution in [-0.4, -0.2) is 37.9 Å². The number of nitrogens with one attached hydrogen (secondary N) is 1. The molecule has 148 valence electrons. The van der Waals surface area contributed by atoms with E-state index in [9.17, 15) is 13.2 Å². The van der Waals surface area contributed by atoms with Gasteiger partial charge in [0.15, 0.2) is 0 Å². The molecule has 1 aliphatic heterocycles. The summed E-state index contributed by atoms with van der Waals surface area (Å²) < 4.78 is 27.1. The fourth-order valence-corrected chi connectivity index (χ4v) is 4.77. The van der Waals surface area contributed by atoms with Crippen molar-refractivity contribution in [3.8, 4) is 0 Å². The highest BCUT2D eigenvalue weighted by Crippen LogP contribution is 2.24. The van der Waals surface area contributed by atoms with Gasteiger partial charge >= 0.3 is 0 Å². The summed E-state index contributed by atoms with van der Waals surface area (Å²) in [6.45, 7) is 4.49. The summed E-state index contributed by atoms with van der Waals surface area (Å²) in [7, 11) is -3.60. The van der Waals surface area contributed by atoms with Crippen molar-refractivity contribution in [3.05, 3.63) is 65.2 Å². The van der Waals surface area contributed by atoms with Crippen LogP contribution in [0.2, 0.25) is 0 Å². The number of hydrogen-bond acceptors (Lipinski definition) is 4. The van der Waals surface area contributed by atoms with E-state index < -0.39 is 15.9 Å². The Morgan fingerprint density at radius 2 is 1.89 bits per heavy atom. The molecule has 0 saturated carbocycles. The number of piperidine rings is 1. The summed E-state index contributed by atoms with van der Waals surface area (Å²) in [5.74, 6) is -0.670. The van der Waals surface area contributed by atoms with Crippen LogP contribution in [0.4, 0.5) is 0 Å². The van der Waals surface area contributed by atoms with Crippen LogP contribution in [0.5, 0.6) is 0 Å². The average molecular weight is 400 g/mol. The first-order valence-corrected chi connectivity index (χ1v) is 10.8. The number of carbonyl (C=O) groups is 1. The van der Waals surface area contributed by atoms with E-state index in [0.717, 1.165) is 16.7 Å². The summed E-state index contributed by atoms with van der Waals surface area (Å²) in [4.78, 5) is 12.7. The van der Waals surface area contributed by atoms with Crippen LogP contribution in [0.15, 0.2) is 58.5 Å². The van der Waals surface area contributed by atoms with Crippen molar-refractivity contribution >= 4 is 22.1 Å². The van der Waals surface area contributed by atoms with Gasteiger partial charge in [0.2, 0.25) is 15.9 Å². The molecule has 7 heteroatoms. The Hall–Kier alpha value is -2.51. The van der Waals surface area contributed by atoms with Crippen LogP contribution in [0, 0.1) is 19.8 Å². The van der Waals surface area contributed by atoms with E-state index in [1.165, 1.54) is 4.31 Å². The normalized spacial score (nSPS) is 18.3.